The third kappa shape index (κ3) is 4.57. The number of halogens is 5. The highest BCUT2D eigenvalue weighted by atomic mass is 19.4. The quantitative estimate of drug-likeness (QED) is 0.608. The fourth-order valence-corrected chi connectivity index (χ4v) is 3.20. The van der Waals surface area contributed by atoms with Gasteiger partial charge in [0.15, 0.2) is 11.3 Å². The number of nitrogens with zero attached hydrogens (tertiary/aromatic N) is 5. The molecule has 7 nitrogen and oxygen atoms in total. The summed E-state index contributed by atoms with van der Waals surface area (Å²) in [6.45, 7) is 4.47. The summed E-state index contributed by atoms with van der Waals surface area (Å²) in [6.07, 6.45) is -6.08. The van der Waals surface area contributed by atoms with Gasteiger partial charge in [0, 0.05) is 23.5 Å². The number of carbonyl (C=O) groups is 1. The molecule has 30 heavy (non-hydrogen) atoms. The normalized spacial score (nSPS) is 13.2. The van der Waals surface area contributed by atoms with Gasteiger partial charge in [-0.15, -0.1) is 0 Å². The van der Waals surface area contributed by atoms with Crippen LogP contribution >= 0.6 is 0 Å². The third-order valence-electron chi connectivity index (χ3n) is 4.36. The van der Waals surface area contributed by atoms with Gasteiger partial charge in [0.1, 0.15) is 6.54 Å². The molecule has 0 aliphatic rings. The number of rotatable bonds is 6. The van der Waals surface area contributed by atoms with Crippen LogP contribution in [0.4, 0.5) is 22.0 Å². The number of amides is 1. The highest BCUT2D eigenvalue weighted by Gasteiger charge is 2.33. The Morgan fingerprint density at radius 3 is 2.53 bits per heavy atom. The van der Waals surface area contributed by atoms with E-state index in [1.807, 2.05) is 0 Å². The average Bonchev–Trinajstić information content (AvgIpc) is 3.19. The molecule has 162 valence electrons. The van der Waals surface area contributed by atoms with Crippen LogP contribution in [0.25, 0.3) is 11.0 Å². The predicted molar refractivity (Wildman–Crippen MR) is 96.8 cm³/mol. The predicted octanol–water partition coefficient (Wildman–Crippen LogP) is 3.41. The fraction of sp³-hybridized carbons (Fsp3) is 0.444. The zero-order valence-electron chi connectivity index (χ0n) is 16.3. The van der Waals surface area contributed by atoms with Crippen molar-refractivity contribution in [3.63, 3.8) is 0 Å². The first kappa shape index (κ1) is 21.7. The molecule has 0 spiro atoms. The molecule has 3 aromatic heterocycles. The number of hydrogen-bond donors (Lipinski definition) is 1. The molecule has 0 aliphatic carbocycles. The lowest BCUT2D eigenvalue weighted by molar-refractivity contribution is -0.141. The van der Waals surface area contributed by atoms with Gasteiger partial charge in [0.2, 0.25) is 5.91 Å². The van der Waals surface area contributed by atoms with Gasteiger partial charge < -0.3 is 5.32 Å². The number of pyridine rings is 1. The van der Waals surface area contributed by atoms with E-state index in [1.54, 1.807) is 20.8 Å². The number of alkyl halides is 5. The molecule has 3 aromatic rings. The lowest BCUT2D eigenvalue weighted by atomic mass is 10.1. The number of aryl methyl sites for hydroxylation is 2. The summed E-state index contributed by atoms with van der Waals surface area (Å²) in [7, 11) is 0. The highest BCUT2D eigenvalue weighted by Crippen LogP contribution is 2.30. The summed E-state index contributed by atoms with van der Waals surface area (Å²) in [6, 6.07) is 1.60. The summed E-state index contributed by atoms with van der Waals surface area (Å²) in [4.78, 5) is 16.6. The molecule has 0 bridgehead atoms. The van der Waals surface area contributed by atoms with Crippen molar-refractivity contribution in [3.8, 4) is 0 Å². The molecule has 1 amide bonds. The van der Waals surface area contributed by atoms with Crippen LogP contribution < -0.4 is 5.32 Å². The SMILES string of the molecule is Cc1cc(C(F)F)c2c(C)nn(CC(=O)NC(C)Cn3ccc(C(F)(F)F)n3)c2n1. The van der Waals surface area contributed by atoms with Gasteiger partial charge in [-0.1, -0.05) is 0 Å². The Bertz CT molecular complexity index is 1070. The minimum absolute atomic E-state index is 0.0214. The number of carbonyl (C=O) groups excluding carboxylic acids is 1. The van der Waals surface area contributed by atoms with Crippen LogP contribution in [0.3, 0.4) is 0 Å². The van der Waals surface area contributed by atoms with Gasteiger partial charge in [0.25, 0.3) is 6.43 Å². The maximum absolute atomic E-state index is 13.4. The molecule has 3 rings (SSSR count). The Morgan fingerprint density at radius 1 is 1.23 bits per heavy atom. The van der Waals surface area contributed by atoms with E-state index in [9.17, 15) is 26.7 Å². The molecule has 0 fully saturated rings. The first-order valence-electron chi connectivity index (χ1n) is 8.98. The standard InChI is InChI=1S/C18H19F5N6O/c1-9-6-12(16(19)20)15-11(3)26-29(17(15)25-9)8-14(30)24-10(2)7-28-5-4-13(27-28)18(21,22)23/h4-6,10,16H,7-8H2,1-3H3,(H,24,30). The van der Waals surface area contributed by atoms with Gasteiger partial charge in [-0.05, 0) is 32.9 Å². The molecule has 1 unspecified atom stereocenters. The van der Waals surface area contributed by atoms with E-state index < -0.39 is 30.2 Å². The lowest BCUT2D eigenvalue weighted by Gasteiger charge is -2.14. The van der Waals surface area contributed by atoms with E-state index in [0.717, 1.165) is 10.7 Å². The van der Waals surface area contributed by atoms with Crippen molar-refractivity contribution < 1.29 is 26.7 Å². The monoisotopic (exact) mass is 430 g/mol. The second kappa shape index (κ2) is 8.00. The van der Waals surface area contributed by atoms with Crippen molar-refractivity contribution in [1.29, 1.82) is 0 Å². The summed E-state index contributed by atoms with van der Waals surface area (Å²) in [5, 5.41) is 10.4. The maximum atomic E-state index is 13.4. The minimum Gasteiger partial charge on any atom is -0.350 e. The minimum atomic E-state index is -4.54. The molecular weight excluding hydrogens is 411 g/mol. The van der Waals surface area contributed by atoms with Crippen molar-refractivity contribution in [3.05, 3.63) is 41.0 Å². The Morgan fingerprint density at radius 2 is 1.93 bits per heavy atom. The van der Waals surface area contributed by atoms with E-state index >= 15 is 0 Å². The highest BCUT2D eigenvalue weighted by molar-refractivity contribution is 5.84. The fourth-order valence-electron chi connectivity index (χ4n) is 3.20. The third-order valence-corrected chi connectivity index (χ3v) is 4.36. The Hall–Kier alpha value is -3.05. The molecule has 3 heterocycles. The second-order valence-electron chi connectivity index (χ2n) is 6.98. The van der Waals surface area contributed by atoms with E-state index in [2.05, 4.69) is 20.5 Å². The Labute approximate surface area is 167 Å². The molecular formula is C18H19F5N6O. The number of nitrogens with one attached hydrogen (secondary N) is 1. The Kier molecular flexibility index (Phi) is 5.77. The van der Waals surface area contributed by atoms with E-state index in [4.69, 9.17) is 0 Å². The van der Waals surface area contributed by atoms with Crippen molar-refractivity contribution >= 4 is 16.9 Å². The summed E-state index contributed by atoms with van der Waals surface area (Å²) < 4.78 is 66.9. The molecule has 0 aliphatic heterocycles. The van der Waals surface area contributed by atoms with E-state index in [0.29, 0.717) is 11.4 Å². The van der Waals surface area contributed by atoms with Crippen molar-refractivity contribution in [2.24, 2.45) is 0 Å². The topological polar surface area (TPSA) is 77.6 Å². The van der Waals surface area contributed by atoms with Crippen molar-refractivity contribution in [1.82, 2.24) is 29.9 Å². The van der Waals surface area contributed by atoms with Crippen LogP contribution in [0.1, 0.15) is 36.0 Å². The van der Waals surface area contributed by atoms with E-state index in [1.165, 1.54) is 16.9 Å². The van der Waals surface area contributed by atoms with Gasteiger partial charge in [0.05, 0.1) is 17.6 Å². The zero-order chi connectivity index (χ0) is 22.2. The van der Waals surface area contributed by atoms with Crippen LogP contribution in [-0.4, -0.2) is 36.5 Å². The molecule has 0 radical (unpaired) electrons. The largest absolute Gasteiger partial charge is 0.435 e. The van der Waals surface area contributed by atoms with Gasteiger partial charge in [-0.2, -0.15) is 23.4 Å². The maximum Gasteiger partial charge on any atom is 0.435 e. The average molecular weight is 430 g/mol. The lowest BCUT2D eigenvalue weighted by Crippen LogP contribution is -2.38. The van der Waals surface area contributed by atoms with E-state index in [-0.39, 0.29) is 29.7 Å². The van der Waals surface area contributed by atoms with Crippen molar-refractivity contribution in [2.75, 3.05) is 0 Å². The number of hydrogen-bond acceptors (Lipinski definition) is 4. The second-order valence-corrected chi connectivity index (χ2v) is 6.98. The smallest absolute Gasteiger partial charge is 0.350 e. The van der Waals surface area contributed by atoms with Crippen molar-refractivity contribution in [2.45, 2.75) is 52.5 Å². The molecule has 1 atom stereocenters. The van der Waals surface area contributed by atoms with Crippen LogP contribution in [0.5, 0.6) is 0 Å². The van der Waals surface area contributed by atoms with Gasteiger partial charge >= 0.3 is 6.18 Å². The van der Waals surface area contributed by atoms with Gasteiger partial charge in [-0.3, -0.25) is 9.48 Å². The summed E-state index contributed by atoms with van der Waals surface area (Å²) >= 11 is 0. The zero-order valence-corrected chi connectivity index (χ0v) is 16.3. The summed E-state index contributed by atoms with van der Waals surface area (Å²) in [5.74, 6) is -0.489. The number of aromatic nitrogens is 5. The molecule has 12 heteroatoms. The molecule has 0 aromatic carbocycles. The van der Waals surface area contributed by atoms with Crippen LogP contribution in [0, 0.1) is 13.8 Å². The molecule has 0 saturated carbocycles. The summed E-state index contributed by atoms with van der Waals surface area (Å²) in [5.41, 5.74) is -0.353. The number of fused-ring (bicyclic) bond motifs is 1. The van der Waals surface area contributed by atoms with Crippen LogP contribution in [0.2, 0.25) is 0 Å². The first-order chi connectivity index (χ1) is 14.0. The molecule has 1 N–H and O–H groups in total. The Balaban J connectivity index is 1.72. The van der Waals surface area contributed by atoms with Crippen LogP contribution in [0.15, 0.2) is 18.3 Å². The van der Waals surface area contributed by atoms with Gasteiger partial charge in [-0.25, -0.2) is 18.4 Å². The molecule has 0 saturated heterocycles. The van der Waals surface area contributed by atoms with Crippen LogP contribution in [-0.2, 0) is 24.1 Å². The first-order valence-corrected chi connectivity index (χ1v) is 8.98.